The molecule has 2 aromatic carbocycles. The van der Waals surface area contributed by atoms with Gasteiger partial charge in [-0.15, -0.1) is 0 Å². The fourth-order valence-corrected chi connectivity index (χ4v) is 5.95. The van der Waals surface area contributed by atoms with Gasteiger partial charge in [0.2, 0.25) is 0 Å². The second-order valence-corrected chi connectivity index (χ2v) is 9.86. The van der Waals surface area contributed by atoms with E-state index in [1.165, 1.54) is 17.5 Å². The van der Waals surface area contributed by atoms with E-state index in [0.717, 1.165) is 32.5 Å². The Morgan fingerprint density at radius 2 is 1.52 bits per heavy atom. The van der Waals surface area contributed by atoms with Gasteiger partial charge in [0, 0.05) is 31.0 Å². The van der Waals surface area contributed by atoms with E-state index in [1.54, 1.807) is 0 Å². The number of rotatable bonds is 8. The number of nitrogens with one attached hydrogen (secondary N) is 2. The van der Waals surface area contributed by atoms with Gasteiger partial charge in [0.05, 0.1) is 0 Å². The molecule has 2 bridgehead atoms. The molecule has 0 aliphatic heterocycles. The summed E-state index contributed by atoms with van der Waals surface area (Å²) in [4.78, 5) is 0. The highest BCUT2D eigenvalue weighted by atomic mass is 16.3. The molecule has 29 heavy (non-hydrogen) atoms. The van der Waals surface area contributed by atoms with E-state index in [4.69, 9.17) is 0 Å². The smallest absolute Gasteiger partial charge is 0.122 e. The zero-order chi connectivity index (χ0) is 20.5. The van der Waals surface area contributed by atoms with Crippen LogP contribution in [0.5, 0.6) is 0 Å². The Labute approximate surface area is 175 Å². The Kier molecular flexibility index (Phi) is 5.58. The molecular weight excluding hydrogens is 356 g/mol. The third kappa shape index (κ3) is 3.54. The van der Waals surface area contributed by atoms with Gasteiger partial charge in [-0.1, -0.05) is 81.4 Å². The molecule has 2 fully saturated rings. The molecule has 3 atom stereocenters. The van der Waals surface area contributed by atoms with Crippen LogP contribution in [0.25, 0.3) is 0 Å². The average Bonchev–Trinajstić information content (AvgIpc) is 3.04. The minimum Gasteiger partial charge on any atom is -0.375 e. The molecule has 3 heteroatoms. The molecule has 0 amide bonds. The largest absolute Gasteiger partial charge is 0.375 e. The topological polar surface area (TPSA) is 44.3 Å². The number of hydrogen-bond acceptors (Lipinski definition) is 3. The Hall–Kier alpha value is -1.68. The first-order valence-corrected chi connectivity index (χ1v) is 11.2. The van der Waals surface area contributed by atoms with E-state index in [1.807, 2.05) is 0 Å². The molecule has 4 rings (SSSR count). The van der Waals surface area contributed by atoms with Crippen LogP contribution in [0.1, 0.15) is 57.1 Å². The van der Waals surface area contributed by atoms with Crippen LogP contribution >= 0.6 is 0 Å². The molecule has 2 saturated carbocycles. The lowest BCUT2D eigenvalue weighted by molar-refractivity contribution is -0.113. The summed E-state index contributed by atoms with van der Waals surface area (Å²) in [6, 6.07) is 21.4. The second-order valence-electron chi connectivity index (χ2n) is 9.86. The summed E-state index contributed by atoms with van der Waals surface area (Å²) >= 11 is 0. The third-order valence-corrected chi connectivity index (χ3v) is 8.36. The van der Waals surface area contributed by atoms with Crippen LogP contribution in [0.4, 0.5) is 0 Å². The number of benzene rings is 2. The van der Waals surface area contributed by atoms with Crippen molar-refractivity contribution in [2.45, 2.75) is 51.7 Å². The average molecular weight is 393 g/mol. The van der Waals surface area contributed by atoms with Crippen LogP contribution < -0.4 is 10.6 Å². The molecule has 0 heterocycles. The minimum absolute atomic E-state index is 0.0404. The first-order chi connectivity index (χ1) is 13.9. The number of fused-ring (bicyclic) bond motifs is 2. The Morgan fingerprint density at radius 1 is 0.931 bits per heavy atom. The first-order valence-electron chi connectivity index (χ1n) is 11.2. The van der Waals surface area contributed by atoms with Crippen molar-refractivity contribution in [3.8, 4) is 0 Å². The summed E-state index contributed by atoms with van der Waals surface area (Å²) in [5.41, 5.74) is 2.09. The molecule has 0 spiro atoms. The van der Waals surface area contributed by atoms with Crippen molar-refractivity contribution in [1.29, 1.82) is 0 Å². The highest BCUT2D eigenvalue weighted by Crippen LogP contribution is 2.68. The Balaban J connectivity index is 1.34. The van der Waals surface area contributed by atoms with Crippen LogP contribution in [0.15, 0.2) is 60.7 Å². The minimum atomic E-state index is -0.737. The maximum absolute atomic E-state index is 11.4. The maximum atomic E-state index is 11.4. The van der Waals surface area contributed by atoms with Crippen molar-refractivity contribution in [3.05, 3.63) is 71.8 Å². The van der Waals surface area contributed by atoms with Gasteiger partial charge in [0.1, 0.15) is 5.72 Å². The van der Waals surface area contributed by atoms with Crippen LogP contribution in [0.2, 0.25) is 0 Å². The molecule has 156 valence electrons. The predicted molar refractivity (Wildman–Crippen MR) is 120 cm³/mol. The molecular formula is C26H36N2O. The fourth-order valence-electron chi connectivity index (χ4n) is 5.95. The third-order valence-electron chi connectivity index (χ3n) is 8.36. The highest BCUT2D eigenvalue weighted by molar-refractivity contribution is 5.32. The second kappa shape index (κ2) is 7.86. The molecule has 2 aliphatic rings. The van der Waals surface area contributed by atoms with Gasteiger partial charge in [0.15, 0.2) is 0 Å². The molecule has 0 aromatic heterocycles. The van der Waals surface area contributed by atoms with Crippen molar-refractivity contribution < 1.29 is 5.11 Å². The van der Waals surface area contributed by atoms with Gasteiger partial charge in [-0.3, -0.25) is 5.32 Å². The van der Waals surface area contributed by atoms with E-state index in [-0.39, 0.29) is 10.8 Å². The molecule has 0 saturated heterocycles. The van der Waals surface area contributed by atoms with Gasteiger partial charge >= 0.3 is 0 Å². The zero-order valence-electron chi connectivity index (χ0n) is 18.1. The van der Waals surface area contributed by atoms with Gasteiger partial charge < -0.3 is 10.4 Å². The lowest BCUT2D eigenvalue weighted by Gasteiger charge is -2.45. The molecule has 0 radical (unpaired) electrons. The van der Waals surface area contributed by atoms with E-state index in [2.05, 4.69) is 92.1 Å². The first kappa shape index (κ1) is 20.6. The predicted octanol–water partition coefficient (Wildman–Crippen LogP) is 4.53. The summed E-state index contributed by atoms with van der Waals surface area (Å²) in [7, 11) is 0. The molecule has 2 aliphatic carbocycles. The van der Waals surface area contributed by atoms with Gasteiger partial charge in [-0.25, -0.2) is 0 Å². The normalized spacial score (nSPS) is 30.2. The lowest BCUT2D eigenvalue weighted by Crippen LogP contribution is -2.58. The summed E-state index contributed by atoms with van der Waals surface area (Å²) < 4.78 is 0. The molecule has 3 N–H and O–H groups in total. The Morgan fingerprint density at radius 3 is 2.00 bits per heavy atom. The van der Waals surface area contributed by atoms with Gasteiger partial charge in [0.25, 0.3) is 0 Å². The summed E-state index contributed by atoms with van der Waals surface area (Å²) in [5, 5.41) is 18.6. The zero-order valence-corrected chi connectivity index (χ0v) is 18.1. The monoisotopic (exact) mass is 392 g/mol. The summed E-state index contributed by atoms with van der Waals surface area (Å²) in [6.45, 7) is 9.48. The van der Waals surface area contributed by atoms with Crippen molar-refractivity contribution >= 4 is 0 Å². The van der Waals surface area contributed by atoms with E-state index >= 15 is 0 Å². The highest BCUT2D eigenvalue weighted by Gasteiger charge is 2.68. The Bertz CT molecular complexity index is 766. The fraction of sp³-hybridized carbons (Fsp3) is 0.538. The van der Waals surface area contributed by atoms with Crippen LogP contribution in [-0.4, -0.2) is 30.5 Å². The van der Waals surface area contributed by atoms with Crippen molar-refractivity contribution in [1.82, 2.24) is 10.6 Å². The van der Waals surface area contributed by atoms with Crippen LogP contribution in [-0.2, 0) is 0 Å². The standard InChI is InChI=1S/C26H36N2O/c1-24(2)22-14-15-25(24,3)26(29,18-22)28-17-16-27-19-23(20-10-6-4-7-11-20)21-12-8-5-9-13-21/h4-13,22-23,27-29H,14-19H2,1-3H3. The van der Waals surface area contributed by atoms with Crippen LogP contribution in [0, 0.1) is 16.7 Å². The maximum Gasteiger partial charge on any atom is 0.122 e. The lowest BCUT2D eigenvalue weighted by atomic mass is 9.67. The molecule has 3 unspecified atom stereocenters. The van der Waals surface area contributed by atoms with E-state index in [0.29, 0.717) is 11.8 Å². The summed E-state index contributed by atoms with van der Waals surface area (Å²) in [5.74, 6) is 0.956. The van der Waals surface area contributed by atoms with E-state index in [9.17, 15) is 5.11 Å². The summed E-state index contributed by atoms with van der Waals surface area (Å²) in [6.07, 6.45) is 3.25. The van der Waals surface area contributed by atoms with Gasteiger partial charge in [-0.05, 0) is 41.7 Å². The van der Waals surface area contributed by atoms with Crippen LogP contribution in [0.3, 0.4) is 0 Å². The van der Waals surface area contributed by atoms with Crippen molar-refractivity contribution in [3.63, 3.8) is 0 Å². The van der Waals surface area contributed by atoms with E-state index < -0.39 is 5.72 Å². The number of aliphatic hydroxyl groups is 1. The quantitative estimate of drug-likeness (QED) is 0.457. The molecule has 2 aromatic rings. The van der Waals surface area contributed by atoms with Gasteiger partial charge in [-0.2, -0.15) is 0 Å². The number of hydrogen-bond donors (Lipinski definition) is 3. The SMILES string of the molecule is CC1(C)C2CCC1(C)C(O)(NCCNCC(c1ccccc1)c1ccccc1)C2. The van der Waals surface area contributed by atoms with Crippen molar-refractivity contribution in [2.24, 2.45) is 16.7 Å². The molecule has 3 nitrogen and oxygen atoms in total. The van der Waals surface area contributed by atoms with Crippen molar-refractivity contribution in [2.75, 3.05) is 19.6 Å².